The summed E-state index contributed by atoms with van der Waals surface area (Å²) in [6.45, 7) is 0. The minimum absolute atomic E-state index is 0.176. The normalized spacial score (nSPS) is 11.1. The first-order valence-electron chi connectivity index (χ1n) is 5.65. The summed E-state index contributed by atoms with van der Waals surface area (Å²) in [7, 11) is 0. The van der Waals surface area contributed by atoms with Gasteiger partial charge in [-0.15, -0.1) is 10.2 Å². The first-order valence-corrected chi connectivity index (χ1v) is 5.65. The summed E-state index contributed by atoms with van der Waals surface area (Å²) in [4.78, 5) is 0. The van der Waals surface area contributed by atoms with Crippen molar-refractivity contribution in [1.29, 1.82) is 0 Å². The van der Waals surface area contributed by atoms with Crippen LogP contribution in [0.1, 0.15) is 11.1 Å². The van der Waals surface area contributed by atoms with Gasteiger partial charge in [0.2, 0.25) is 5.96 Å². The van der Waals surface area contributed by atoms with Gasteiger partial charge in [-0.25, -0.2) is 4.39 Å². The number of nitrogens with two attached hydrogens (primary N) is 2. The molecule has 0 aromatic heterocycles. The number of guanidine groups is 1. The molecule has 96 valence electrons. The van der Waals surface area contributed by atoms with Gasteiger partial charge < -0.3 is 11.5 Å². The van der Waals surface area contributed by atoms with E-state index in [0.717, 1.165) is 5.56 Å². The lowest BCUT2D eigenvalue weighted by Crippen LogP contribution is -2.22. The van der Waals surface area contributed by atoms with Gasteiger partial charge >= 0.3 is 0 Å². The van der Waals surface area contributed by atoms with E-state index in [-0.39, 0.29) is 11.8 Å². The minimum atomic E-state index is -0.379. The molecular formula is C14H13FN4. The van der Waals surface area contributed by atoms with E-state index in [1.807, 2.05) is 30.3 Å². The summed E-state index contributed by atoms with van der Waals surface area (Å²) in [6.07, 6.45) is 0. The summed E-state index contributed by atoms with van der Waals surface area (Å²) in [5.74, 6) is -0.555. The van der Waals surface area contributed by atoms with Gasteiger partial charge in [0.25, 0.3) is 0 Å². The van der Waals surface area contributed by atoms with Gasteiger partial charge in [-0.05, 0) is 12.1 Å². The Labute approximate surface area is 110 Å². The molecule has 0 heterocycles. The summed E-state index contributed by atoms with van der Waals surface area (Å²) < 4.78 is 13.9. The topological polar surface area (TPSA) is 76.8 Å². The SMILES string of the molecule is NC(N)=N/N=C(/c1ccccc1)c1ccccc1F. The number of hydrogen-bond acceptors (Lipinski definition) is 2. The van der Waals surface area contributed by atoms with Crippen molar-refractivity contribution in [3.05, 3.63) is 71.5 Å². The molecule has 0 unspecified atom stereocenters. The second-order valence-electron chi connectivity index (χ2n) is 3.82. The molecule has 5 heteroatoms. The Bertz CT molecular complexity index is 616. The lowest BCUT2D eigenvalue weighted by Gasteiger charge is -2.06. The van der Waals surface area contributed by atoms with Gasteiger partial charge in [0, 0.05) is 11.1 Å². The van der Waals surface area contributed by atoms with Crippen molar-refractivity contribution in [2.45, 2.75) is 0 Å². The second-order valence-corrected chi connectivity index (χ2v) is 3.82. The van der Waals surface area contributed by atoms with Crippen LogP contribution in [0.3, 0.4) is 0 Å². The summed E-state index contributed by atoms with van der Waals surface area (Å²) >= 11 is 0. The van der Waals surface area contributed by atoms with Crippen molar-refractivity contribution < 1.29 is 4.39 Å². The Balaban J connectivity index is 2.57. The van der Waals surface area contributed by atoms with Crippen LogP contribution in [0.4, 0.5) is 4.39 Å². The lowest BCUT2D eigenvalue weighted by atomic mass is 10.0. The molecule has 2 aromatic rings. The number of rotatable bonds is 3. The van der Waals surface area contributed by atoms with E-state index in [1.165, 1.54) is 6.07 Å². The number of halogens is 1. The Morgan fingerprint density at radius 1 is 0.842 bits per heavy atom. The van der Waals surface area contributed by atoms with Gasteiger partial charge in [0.1, 0.15) is 11.5 Å². The highest BCUT2D eigenvalue weighted by atomic mass is 19.1. The summed E-state index contributed by atoms with van der Waals surface area (Å²) in [5.41, 5.74) is 12.0. The van der Waals surface area contributed by atoms with Gasteiger partial charge in [0.15, 0.2) is 0 Å². The maximum absolute atomic E-state index is 13.9. The van der Waals surface area contributed by atoms with Crippen LogP contribution >= 0.6 is 0 Å². The van der Waals surface area contributed by atoms with Gasteiger partial charge in [-0.3, -0.25) is 0 Å². The van der Waals surface area contributed by atoms with Crippen LogP contribution < -0.4 is 11.5 Å². The van der Waals surface area contributed by atoms with Gasteiger partial charge in [-0.1, -0.05) is 42.5 Å². The van der Waals surface area contributed by atoms with E-state index >= 15 is 0 Å². The monoisotopic (exact) mass is 256 g/mol. The molecule has 0 aliphatic carbocycles. The lowest BCUT2D eigenvalue weighted by molar-refractivity contribution is 0.625. The molecule has 0 aliphatic heterocycles. The smallest absolute Gasteiger partial charge is 0.211 e. The molecule has 2 rings (SSSR count). The molecule has 0 spiro atoms. The molecular weight excluding hydrogens is 243 g/mol. The van der Waals surface area contributed by atoms with E-state index in [9.17, 15) is 4.39 Å². The highest BCUT2D eigenvalue weighted by molar-refractivity contribution is 6.13. The third-order valence-electron chi connectivity index (χ3n) is 2.44. The molecule has 0 aliphatic rings. The Hall–Kier alpha value is -2.69. The molecule has 0 radical (unpaired) electrons. The molecule has 4 N–H and O–H groups in total. The van der Waals surface area contributed by atoms with Crippen LogP contribution in [0.25, 0.3) is 0 Å². The molecule has 0 fully saturated rings. The quantitative estimate of drug-likeness (QED) is 0.499. The van der Waals surface area contributed by atoms with Crippen molar-refractivity contribution in [2.24, 2.45) is 21.7 Å². The van der Waals surface area contributed by atoms with Crippen LogP contribution in [0.15, 0.2) is 64.8 Å². The van der Waals surface area contributed by atoms with Crippen molar-refractivity contribution in [1.82, 2.24) is 0 Å². The van der Waals surface area contributed by atoms with Crippen LogP contribution in [-0.2, 0) is 0 Å². The third kappa shape index (κ3) is 3.16. The van der Waals surface area contributed by atoms with Crippen molar-refractivity contribution >= 4 is 11.7 Å². The van der Waals surface area contributed by atoms with E-state index in [1.54, 1.807) is 18.2 Å². The van der Waals surface area contributed by atoms with Crippen LogP contribution in [0.5, 0.6) is 0 Å². The largest absolute Gasteiger partial charge is 0.369 e. The number of nitrogens with zero attached hydrogens (tertiary/aromatic N) is 2. The Kier molecular flexibility index (Phi) is 3.87. The zero-order chi connectivity index (χ0) is 13.7. The first kappa shape index (κ1) is 12.8. The standard InChI is InChI=1S/C14H13FN4/c15-12-9-5-4-8-11(12)13(18-19-14(16)17)10-6-2-1-3-7-10/h1-9H,(H4,16,17,19)/b18-13-. The molecule has 2 aromatic carbocycles. The molecule has 4 nitrogen and oxygen atoms in total. The zero-order valence-corrected chi connectivity index (χ0v) is 10.1. The zero-order valence-electron chi connectivity index (χ0n) is 10.1. The average Bonchev–Trinajstić information content (AvgIpc) is 2.42. The molecule has 19 heavy (non-hydrogen) atoms. The minimum Gasteiger partial charge on any atom is -0.369 e. The molecule has 0 saturated carbocycles. The second kappa shape index (κ2) is 5.77. The maximum atomic E-state index is 13.9. The van der Waals surface area contributed by atoms with E-state index in [2.05, 4.69) is 10.2 Å². The number of hydrogen-bond donors (Lipinski definition) is 2. The van der Waals surface area contributed by atoms with Crippen LogP contribution in [0, 0.1) is 5.82 Å². The molecule has 0 bridgehead atoms. The van der Waals surface area contributed by atoms with Crippen molar-refractivity contribution in [2.75, 3.05) is 0 Å². The Morgan fingerprint density at radius 2 is 1.47 bits per heavy atom. The third-order valence-corrected chi connectivity index (χ3v) is 2.44. The van der Waals surface area contributed by atoms with Gasteiger partial charge in [0.05, 0.1) is 0 Å². The predicted octanol–water partition coefficient (Wildman–Crippen LogP) is 1.85. The maximum Gasteiger partial charge on any atom is 0.211 e. The van der Waals surface area contributed by atoms with Crippen molar-refractivity contribution in [3.63, 3.8) is 0 Å². The van der Waals surface area contributed by atoms with Crippen LogP contribution in [-0.4, -0.2) is 11.7 Å². The summed E-state index contributed by atoms with van der Waals surface area (Å²) in [5, 5.41) is 7.55. The highest BCUT2D eigenvalue weighted by Crippen LogP contribution is 2.14. The van der Waals surface area contributed by atoms with Crippen LogP contribution in [0.2, 0.25) is 0 Å². The summed E-state index contributed by atoms with van der Waals surface area (Å²) in [6, 6.07) is 15.5. The van der Waals surface area contributed by atoms with E-state index in [4.69, 9.17) is 11.5 Å². The van der Waals surface area contributed by atoms with E-state index < -0.39 is 0 Å². The first-order chi connectivity index (χ1) is 9.18. The van der Waals surface area contributed by atoms with Gasteiger partial charge in [-0.2, -0.15) is 0 Å². The average molecular weight is 256 g/mol. The molecule has 0 saturated heterocycles. The van der Waals surface area contributed by atoms with E-state index in [0.29, 0.717) is 11.3 Å². The predicted molar refractivity (Wildman–Crippen MR) is 74.3 cm³/mol. The fourth-order valence-corrected chi connectivity index (χ4v) is 1.62. The number of benzene rings is 2. The Morgan fingerprint density at radius 3 is 2.11 bits per heavy atom. The van der Waals surface area contributed by atoms with Crippen molar-refractivity contribution in [3.8, 4) is 0 Å². The highest BCUT2D eigenvalue weighted by Gasteiger charge is 2.11. The molecule has 0 amide bonds. The fraction of sp³-hybridized carbons (Fsp3) is 0. The molecule has 0 atom stereocenters. The fourth-order valence-electron chi connectivity index (χ4n) is 1.62.